The number of ether oxygens (including phenoxy) is 1. The number of terminal acetylenes is 1. The van der Waals surface area contributed by atoms with Crippen LogP contribution < -0.4 is 4.74 Å². The molecule has 0 amide bonds. The van der Waals surface area contributed by atoms with Gasteiger partial charge in [-0.3, -0.25) is 4.90 Å². The van der Waals surface area contributed by atoms with Crippen LogP contribution in [0.1, 0.15) is 27.1 Å². The summed E-state index contributed by atoms with van der Waals surface area (Å²) in [5.74, 6) is 3.18. The zero-order valence-corrected chi connectivity index (χ0v) is 17.4. The minimum atomic E-state index is 0.251. The summed E-state index contributed by atoms with van der Waals surface area (Å²) in [4.78, 5) is 8.31. The molecule has 0 N–H and O–H groups in total. The van der Waals surface area contributed by atoms with E-state index in [4.69, 9.17) is 11.2 Å². The lowest BCUT2D eigenvalue weighted by molar-refractivity contribution is 0.249. The van der Waals surface area contributed by atoms with Gasteiger partial charge in [-0.1, -0.05) is 36.3 Å². The van der Waals surface area contributed by atoms with Gasteiger partial charge in [0.05, 0.1) is 5.56 Å². The van der Waals surface area contributed by atoms with Crippen molar-refractivity contribution in [3.63, 3.8) is 0 Å². The van der Waals surface area contributed by atoms with Crippen LogP contribution in [0.25, 0.3) is 0 Å². The smallest absolute Gasteiger partial charge is 0.148 e. The molecule has 0 fully saturated rings. The van der Waals surface area contributed by atoms with Crippen molar-refractivity contribution >= 4 is 22.6 Å². The topological polar surface area (TPSA) is 48.6 Å². The normalized spacial score (nSPS) is 13.5. The third kappa shape index (κ3) is 4.60. The molecule has 0 aliphatic carbocycles. The second-order valence-electron chi connectivity index (χ2n) is 7.06. The number of fused-ring (bicyclic) bond motifs is 1. The Balaban J connectivity index is 1.48. The third-order valence-electron chi connectivity index (χ3n) is 5.01. The van der Waals surface area contributed by atoms with Gasteiger partial charge in [0.1, 0.15) is 23.4 Å². The largest absolute Gasteiger partial charge is 0.481 e. The van der Waals surface area contributed by atoms with E-state index in [2.05, 4.69) is 46.1 Å². The van der Waals surface area contributed by atoms with E-state index in [1.165, 1.54) is 10.4 Å². The monoisotopic (exact) mass is 411 g/mol. The maximum Gasteiger partial charge on any atom is 0.148 e. The van der Waals surface area contributed by atoms with E-state index in [9.17, 15) is 5.26 Å². The van der Waals surface area contributed by atoms with Gasteiger partial charge in [-0.15, -0.1) is 17.8 Å². The molecule has 3 aromatic rings. The van der Waals surface area contributed by atoms with E-state index in [1.807, 2.05) is 30.3 Å². The molecule has 0 atom stereocenters. The third-order valence-corrected chi connectivity index (χ3v) is 6.14. The summed E-state index contributed by atoms with van der Waals surface area (Å²) in [6.07, 6.45) is 7.89. The number of nitriles is 1. The van der Waals surface area contributed by atoms with Crippen molar-refractivity contribution in [1.82, 2.24) is 4.90 Å². The minimum Gasteiger partial charge on any atom is -0.481 e. The van der Waals surface area contributed by atoms with E-state index in [-0.39, 0.29) is 6.61 Å². The van der Waals surface area contributed by atoms with Crippen LogP contribution >= 0.6 is 11.3 Å². The molecule has 1 aromatic heterocycles. The lowest BCUT2D eigenvalue weighted by atomic mass is 10.0. The van der Waals surface area contributed by atoms with E-state index >= 15 is 0 Å². The number of thiophene rings is 1. The Bertz CT molecular complexity index is 1120. The molecule has 0 bridgehead atoms. The fourth-order valence-corrected chi connectivity index (χ4v) is 4.72. The Morgan fingerprint density at radius 2 is 1.97 bits per heavy atom. The summed E-state index contributed by atoms with van der Waals surface area (Å²) in [5.41, 5.74) is 4.14. The Morgan fingerprint density at radius 1 is 1.17 bits per heavy atom. The van der Waals surface area contributed by atoms with Crippen molar-refractivity contribution in [2.75, 3.05) is 13.2 Å². The SMILES string of the molecule is C#CCOc1ccc(C=Nc2sc3c(c2C#N)CCN(Cc2ccccc2)C3)cc1. The van der Waals surface area contributed by atoms with Gasteiger partial charge in [0.2, 0.25) is 0 Å². The van der Waals surface area contributed by atoms with Gasteiger partial charge in [0, 0.05) is 30.7 Å². The first kappa shape index (κ1) is 19.9. The first-order chi connectivity index (χ1) is 14.8. The maximum absolute atomic E-state index is 9.72. The van der Waals surface area contributed by atoms with Crippen molar-refractivity contribution in [1.29, 1.82) is 5.26 Å². The highest BCUT2D eigenvalue weighted by Gasteiger charge is 2.24. The highest BCUT2D eigenvalue weighted by molar-refractivity contribution is 7.16. The molecular weight excluding hydrogens is 390 g/mol. The van der Waals surface area contributed by atoms with Gasteiger partial charge in [0.25, 0.3) is 0 Å². The molecule has 0 unspecified atom stereocenters. The molecule has 1 aliphatic rings. The summed E-state index contributed by atoms with van der Waals surface area (Å²) in [6.45, 7) is 2.99. The van der Waals surface area contributed by atoms with Crippen LogP contribution in [0.3, 0.4) is 0 Å². The number of nitrogens with zero attached hydrogens (tertiary/aromatic N) is 3. The van der Waals surface area contributed by atoms with Crippen LogP contribution in [0.5, 0.6) is 5.75 Å². The highest BCUT2D eigenvalue weighted by atomic mass is 32.1. The number of benzene rings is 2. The van der Waals surface area contributed by atoms with Crippen LogP contribution in [0.15, 0.2) is 59.6 Å². The summed E-state index contributed by atoms with van der Waals surface area (Å²) >= 11 is 1.63. The van der Waals surface area contributed by atoms with E-state index in [0.29, 0.717) is 0 Å². The van der Waals surface area contributed by atoms with E-state index < -0.39 is 0 Å². The zero-order chi connectivity index (χ0) is 20.8. The zero-order valence-electron chi connectivity index (χ0n) is 16.5. The van der Waals surface area contributed by atoms with Gasteiger partial charge in [-0.05, 0) is 47.4 Å². The highest BCUT2D eigenvalue weighted by Crippen LogP contribution is 2.38. The van der Waals surface area contributed by atoms with E-state index in [0.717, 1.165) is 53.5 Å². The standard InChI is InChI=1S/C25H21N3OS/c1-2-14-29-21-10-8-19(9-11-21)16-27-25-23(15-26)22-12-13-28(18-24(22)30-25)17-20-6-4-3-5-7-20/h1,3-11,16H,12-14,17-18H2. The summed E-state index contributed by atoms with van der Waals surface area (Å²) in [5, 5.41) is 10.5. The first-order valence-corrected chi connectivity index (χ1v) is 10.6. The molecule has 0 saturated heterocycles. The van der Waals surface area contributed by atoms with Gasteiger partial charge in [-0.25, -0.2) is 4.99 Å². The van der Waals surface area contributed by atoms with Gasteiger partial charge < -0.3 is 4.74 Å². The van der Waals surface area contributed by atoms with Crippen molar-refractivity contribution in [3.05, 3.63) is 81.7 Å². The van der Waals surface area contributed by atoms with Gasteiger partial charge in [-0.2, -0.15) is 5.26 Å². The van der Waals surface area contributed by atoms with Crippen molar-refractivity contribution in [2.24, 2.45) is 4.99 Å². The van der Waals surface area contributed by atoms with E-state index in [1.54, 1.807) is 17.6 Å². The predicted octanol–water partition coefficient (Wildman–Crippen LogP) is 4.94. The molecule has 0 spiro atoms. The summed E-state index contributed by atoms with van der Waals surface area (Å²) < 4.78 is 5.39. The molecule has 5 heteroatoms. The number of hydrogen-bond donors (Lipinski definition) is 0. The first-order valence-electron chi connectivity index (χ1n) is 9.78. The van der Waals surface area contributed by atoms with Crippen LogP contribution in [0, 0.1) is 23.7 Å². The number of hydrogen-bond acceptors (Lipinski definition) is 5. The Kier molecular flexibility index (Phi) is 6.25. The molecule has 4 nitrogen and oxygen atoms in total. The number of rotatable bonds is 6. The number of aliphatic imine (C=N–C) groups is 1. The van der Waals surface area contributed by atoms with Crippen LogP contribution in [0.2, 0.25) is 0 Å². The van der Waals surface area contributed by atoms with Crippen molar-refractivity contribution in [2.45, 2.75) is 19.5 Å². The van der Waals surface area contributed by atoms with Gasteiger partial charge in [0.15, 0.2) is 0 Å². The molecule has 30 heavy (non-hydrogen) atoms. The molecule has 1 aliphatic heterocycles. The maximum atomic E-state index is 9.72. The lowest BCUT2D eigenvalue weighted by Gasteiger charge is -2.26. The fraction of sp³-hybridized carbons (Fsp3) is 0.200. The van der Waals surface area contributed by atoms with Gasteiger partial charge >= 0.3 is 0 Å². The average molecular weight is 412 g/mol. The Morgan fingerprint density at radius 3 is 2.70 bits per heavy atom. The molecule has 4 rings (SSSR count). The molecule has 0 radical (unpaired) electrons. The average Bonchev–Trinajstić information content (AvgIpc) is 3.14. The van der Waals surface area contributed by atoms with Crippen molar-refractivity contribution in [3.8, 4) is 24.2 Å². The van der Waals surface area contributed by atoms with Crippen LogP contribution in [-0.2, 0) is 19.5 Å². The molecular formula is C25H21N3OS. The minimum absolute atomic E-state index is 0.251. The lowest BCUT2D eigenvalue weighted by Crippen LogP contribution is -2.29. The Hall–Kier alpha value is -3.38. The van der Waals surface area contributed by atoms with Crippen LogP contribution in [-0.4, -0.2) is 24.3 Å². The second-order valence-corrected chi connectivity index (χ2v) is 8.15. The fourth-order valence-electron chi connectivity index (χ4n) is 3.53. The molecule has 2 aromatic carbocycles. The van der Waals surface area contributed by atoms with Crippen molar-refractivity contribution < 1.29 is 4.74 Å². The second kappa shape index (κ2) is 9.41. The summed E-state index contributed by atoms with van der Waals surface area (Å²) in [6, 6.07) is 20.5. The quantitative estimate of drug-likeness (QED) is 0.426. The van der Waals surface area contributed by atoms with Crippen LogP contribution in [0.4, 0.5) is 5.00 Å². The summed E-state index contributed by atoms with van der Waals surface area (Å²) in [7, 11) is 0. The molecule has 0 saturated carbocycles. The Labute approximate surface area is 181 Å². The predicted molar refractivity (Wildman–Crippen MR) is 121 cm³/mol. The molecule has 2 heterocycles. The molecule has 148 valence electrons.